The van der Waals surface area contributed by atoms with Crippen LogP contribution >= 0.6 is 0 Å². The van der Waals surface area contributed by atoms with Crippen molar-refractivity contribution in [2.45, 2.75) is 38.6 Å². The summed E-state index contributed by atoms with van der Waals surface area (Å²) in [5.74, 6) is 0.344. The Labute approximate surface area is 103 Å². The third kappa shape index (κ3) is 2.12. The highest BCUT2D eigenvalue weighted by atomic mass is 16.3. The van der Waals surface area contributed by atoms with Crippen LogP contribution in [0.25, 0.3) is 0 Å². The predicted octanol–water partition coefficient (Wildman–Crippen LogP) is 2.58. The van der Waals surface area contributed by atoms with E-state index in [0.717, 1.165) is 43.6 Å². The number of anilines is 1. The highest BCUT2D eigenvalue weighted by Crippen LogP contribution is 2.43. The number of phenolic OH excluding ortho intramolecular Hbond substituents is 1. The van der Waals surface area contributed by atoms with E-state index in [1.165, 1.54) is 0 Å². The van der Waals surface area contributed by atoms with Crippen LogP contribution in [0.15, 0.2) is 18.2 Å². The molecule has 0 aliphatic heterocycles. The summed E-state index contributed by atoms with van der Waals surface area (Å²) >= 11 is 0. The quantitative estimate of drug-likeness (QED) is 0.842. The van der Waals surface area contributed by atoms with Crippen LogP contribution in [0.5, 0.6) is 5.75 Å². The van der Waals surface area contributed by atoms with Crippen molar-refractivity contribution in [1.82, 2.24) is 0 Å². The lowest BCUT2D eigenvalue weighted by Crippen LogP contribution is -2.43. The van der Waals surface area contributed by atoms with Crippen LogP contribution in [0.4, 0.5) is 5.69 Å². The predicted molar refractivity (Wildman–Crippen MR) is 71.4 cm³/mol. The number of rotatable bonds is 4. The molecule has 0 atom stereocenters. The second-order valence-electron chi connectivity index (χ2n) is 4.88. The van der Waals surface area contributed by atoms with E-state index in [9.17, 15) is 5.11 Å². The van der Waals surface area contributed by atoms with Gasteiger partial charge in [-0.1, -0.05) is 6.07 Å². The zero-order valence-corrected chi connectivity index (χ0v) is 10.7. The second kappa shape index (κ2) is 4.57. The summed E-state index contributed by atoms with van der Waals surface area (Å²) in [5, 5.41) is 10.1. The Morgan fingerprint density at radius 1 is 1.29 bits per heavy atom. The van der Waals surface area contributed by atoms with E-state index >= 15 is 0 Å². The van der Waals surface area contributed by atoms with E-state index in [1.807, 2.05) is 12.1 Å². The standard InChI is InChI=1S/C14H22N2O/c1-3-16(4-2)11-6-7-12(13(17)10-11)14(15)8-5-9-14/h6-7,10,17H,3-5,8-9,15H2,1-2H3. The molecular formula is C14H22N2O. The fourth-order valence-corrected chi connectivity index (χ4v) is 2.55. The first-order valence-corrected chi connectivity index (χ1v) is 6.48. The largest absolute Gasteiger partial charge is 0.508 e. The minimum absolute atomic E-state index is 0.286. The number of hydrogen-bond donors (Lipinski definition) is 2. The molecule has 1 aromatic rings. The van der Waals surface area contributed by atoms with Crippen LogP contribution in [0, 0.1) is 0 Å². The van der Waals surface area contributed by atoms with E-state index < -0.39 is 0 Å². The highest BCUT2D eigenvalue weighted by molar-refractivity contribution is 5.55. The van der Waals surface area contributed by atoms with Gasteiger partial charge in [-0.3, -0.25) is 0 Å². The maximum absolute atomic E-state index is 10.1. The summed E-state index contributed by atoms with van der Waals surface area (Å²) < 4.78 is 0. The average Bonchev–Trinajstić information content (AvgIpc) is 2.28. The van der Waals surface area contributed by atoms with Crippen molar-refractivity contribution in [2.75, 3.05) is 18.0 Å². The molecule has 0 unspecified atom stereocenters. The molecule has 1 aromatic carbocycles. The average molecular weight is 234 g/mol. The minimum Gasteiger partial charge on any atom is -0.508 e. The van der Waals surface area contributed by atoms with Gasteiger partial charge in [-0.25, -0.2) is 0 Å². The van der Waals surface area contributed by atoms with Crippen LogP contribution in [-0.4, -0.2) is 18.2 Å². The number of nitrogens with two attached hydrogens (primary N) is 1. The molecule has 1 saturated carbocycles. The molecule has 0 bridgehead atoms. The van der Waals surface area contributed by atoms with E-state index in [2.05, 4.69) is 24.8 Å². The summed E-state index contributed by atoms with van der Waals surface area (Å²) in [7, 11) is 0. The van der Waals surface area contributed by atoms with Crippen LogP contribution < -0.4 is 10.6 Å². The number of phenols is 1. The molecule has 0 heterocycles. The lowest BCUT2D eigenvalue weighted by Gasteiger charge is -2.39. The summed E-state index contributed by atoms with van der Waals surface area (Å²) in [4.78, 5) is 2.22. The van der Waals surface area contributed by atoms with Crippen molar-refractivity contribution in [3.8, 4) is 5.75 Å². The van der Waals surface area contributed by atoms with Crippen LogP contribution in [-0.2, 0) is 5.54 Å². The van der Waals surface area contributed by atoms with Crippen LogP contribution in [0.2, 0.25) is 0 Å². The first-order chi connectivity index (χ1) is 8.10. The highest BCUT2D eigenvalue weighted by Gasteiger charge is 2.36. The SMILES string of the molecule is CCN(CC)c1ccc(C2(N)CCC2)c(O)c1. The van der Waals surface area contributed by atoms with Gasteiger partial charge in [0.1, 0.15) is 5.75 Å². The monoisotopic (exact) mass is 234 g/mol. The topological polar surface area (TPSA) is 49.5 Å². The van der Waals surface area contributed by atoms with E-state index in [4.69, 9.17) is 5.73 Å². The summed E-state index contributed by atoms with van der Waals surface area (Å²) in [6, 6.07) is 5.90. The van der Waals surface area contributed by atoms with Crippen molar-refractivity contribution < 1.29 is 5.11 Å². The van der Waals surface area contributed by atoms with Gasteiger partial charge < -0.3 is 15.7 Å². The molecule has 2 rings (SSSR count). The number of nitrogens with zero attached hydrogens (tertiary/aromatic N) is 1. The molecule has 0 radical (unpaired) electrons. The van der Waals surface area contributed by atoms with Gasteiger partial charge >= 0.3 is 0 Å². The molecule has 1 aliphatic carbocycles. The lowest BCUT2D eigenvalue weighted by molar-refractivity contribution is 0.245. The first-order valence-electron chi connectivity index (χ1n) is 6.48. The number of benzene rings is 1. The van der Waals surface area contributed by atoms with Crippen LogP contribution in [0.1, 0.15) is 38.7 Å². The fourth-order valence-electron chi connectivity index (χ4n) is 2.55. The van der Waals surface area contributed by atoms with Crippen molar-refractivity contribution >= 4 is 5.69 Å². The maximum Gasteiger partial charge on any atom is 0.122 e. The van der Waals surface area contributed by atoms with Crippen molar-refractivity contribution in [1.29, 1.82) is 0 Å². The Hall–Kier alpha value is -1.22. The summed E-state index contributed by atoms with van der Waals surface area (Å²) in [6.45, 7) is 6.13. The Bertz CT molecular complexity index is 395. The Morgan fingerprint density at radius 2 is 1.94 bits per heavy atom. The molecule has 0 aromatic heterocycles. The molecule has 3 heteroatoms. The van der Waals surface area contributed by atoms with E-state index in [0.29, 0.717) is 5.75 Å². The molecule has 0 saturated heterocycles. The van der Waals surface area contributed by atoms with E-state index in [-0.39, 0.29) is 5.54 Å². The zero-order valence-electron chi connectivity index (χ0n) is 10.7. The number of aromatic hydroxyl groups is 1. The minimum atomic E-state index is -0.286. The molecule has 17 heavy (non-hydrogen) atoms. The normalized spacial score (nSPS) is 17.6. The van der Waals surface area contributed by atoms with Gasteiger partial charge in [0.05, 0.1) is 0 Å². The van der Waals surface area contributed by atoms with Gasteiger partial charge in [-0.2, -0.15) is 0 Å². The Morgan fingerprint density at radius 3 is 2.35 bits per heavy atom. The second-order valence-corrected chi connectivity index (χ2v) is 4.88. The summed E-state index contributed by atoms with van der Waals surface area (Å²) in [5.41, 5.74) is 7.93. The van der Waals surface area contributed by atoms with Crippen LogP contribution in [0.3, 0.4) is 0 Å². The molecular weight excluding hydrogens is 212 g/mol. The zero-order chi connectivity index (χ0) is 12.5. The van der Waals surface area contributed by atoms with Gasteiger partial charge in [-0.15, -0.1) is 0 Å². The molecule has 1 fully saturated rings. The Kier molecular flexibility index (Phi) is 3.29. The summed E-state index contributed by atoms with van der Waals surface area (Å²) in [6.07, 6.45) is 3.12. The molecule has 3 N–H and O–H groups in total. The maximum atomic E-state index is 10.1. The fraction of sp³-hybridized carbons (Fsp3) is 0.571. The molecule has 1 aliphatic rings. The van der Waals surface area contributed by atoms with E-state index in [1.54, 1.807) is 0 Å². The smallest absolute Gasteiger partial charge is 0.122 e. The first kappa shape index (κ1) is 12.2. The third-order valence-electron chi connectivity index (χ3n) is 3.89. The van der Waals surface area contributed by atoms with Gasteiger partial charge in [-0.05, 0) is 39.2 Å². The Balaban J connectivity index is 2.28. The number of hydrogen-bond acceptors (Lipinski definition) is 3. The van der Waals surface area contributed by atoms with Crippen molar-refractivity contribution in [3.05, 3.63) is 23.8 Å². The molecule has 0 spiro atoms. The van der Waals surface area contributed by atoms with Gasteiger partial charge in [0.25, 0.3) is 0 Å². The van der Waals surface area contributed by atoms with Gasteiger partial charge in [0.2, 0.25) is 0 Å². The molecule has 3 nitrogen and oxygen atoms in total. The van der Waals surface area contributed by atoms with Crippen molar-refractivity contribution in [2.24, 2.45) is 5.73 Å². The van der Waals surface area contributed by atoms with Gasteiger partial charge in [0, 0.05) is 35.9 Å². The molecule has 0 amide bonds. The van der Waals surface area contributed by atoms with Gasteiger partial charge in [0.15, 0.2) is 0 Å². The molecule has 94 valence electrons. The van der Waals surface area contributed by atoms with Crippen molar-refractivity contribution in [3.63, 3.8) is 0 Å². The third-order valence-corrected chi connectivity index (χ3v) is 3.89. The lowest BCUT2D eigenvalue weighted by atomic mass is 9.72.